The number of nitrogens with zero attached hydrogens (tertiary/aromatic N) is 1. The number of rotatable bonds is 16. The fourth-order valence-electron chi connectivity index (χ4n) is 3.34. The minimum atomic E-state index is -1.22. The molecule has 3 amide bonds. The molecule has 0 aliphatic rings. The van der Waals surface area contributed by atoms with E-state index in [4.69, 9.17) is 17.2 Å². The number of hydrogen-bond donors (Lipinski definition) is 8. The Hall–Kier alpha value is -3.32. The Labute approximate surface area is 222 Å². The molecule has 0 fully saturated rings. The van der Waals surface area contributed by atoms with Gasteiger partial charge in [0, 0.05) is 18.7 Å². The van der Waals surface area contributed by atoms with Crippen LogP contribution in [0.5, 0.6) is 0 Å². The number of thiol groups is 1. The molecule has 0 radical (unpaired) electrons. The van der Waals surface area contributed by atoms with Crippen molar-refractivity contribution in [3.05, 3.63) is 35.9 Å². The summed E-state index contributed by atoms with van der Waals surface area (Å²) in [6, 6.07) is 4.63. The number of guanidine groups is 1. The maximum Gasteiger partial charge on any atom is 0.326 e. The summed E-state index contributed by atoms with van der Waals surface area (Å²) in [5.41, 5.74) is 17.4. The minimum Gasteiger partial charge on any atom is -0.480 e. The number of hydrogen-bond acceptors (Lipinski definition) is 7. The summed E-state index contributed by atoms with van der Waals surface area (Å²) in [5, 5.41) is 17.2. The van der Waals surface area contributed by atoms with Crippen LogP contribution in [0.4, 0.5) is 0 Å². The highest BCUT2D eigenvalue weighted by atomic mass is 32.1. The van der Waals surface area contributed by atoms with E-state index in [1.807, 2.05) is 13.8 Å². The van der Waals surface area contributed by atoms with E-state index < -0.39 is 47.9 Å². The Bertz CT molecular complexity index is 927. The number of carboxylic acid groups (broad SMARTS) is 1. The van der Waals surface area contributed by atoms with E-state index in [0.29, 0.717) is 12.8 Å². The lowest BCUT2D eigenvalue weighted by Crippen LogP contribution is -2.58. The topological polar surface area (TPSA) is 215 Å². The van der Waals surface area contributed by atoms with Gasteiger partial charge in [0.25, 0.3) is 0 Å². The molecule has 1 rings (SSSR count). The van der Waals surface area contributed by atoms with Crippen molar-refractivity contribution >= 4 is 42.3 Å². The van der Waals surface area contributed by atoms with Crippen LogP contribution in [0.15, 0.2) is 35.3 Å². The highest BCUT2D eigenvalue weighted by Gasteiger charge is 2.30. The van der Waals surface area contributed by atoms with Crippen molar-refractivity contribution in [2.45, 2.75) is 63.7 Å². The highest BCUT2D eigenvalue weighted by molar-refractivity contribution is 7.80. The van der Waals surface area contributed by atoms with Crippen LogP contribution >= 0.6 is 12.6 Å². The Morgan fingerprint density at radius 2 is 1.54 bits per heavy atom. The van der Waals surface area contributed by atoms with Crippen LogP contribution < -0.4 is 33.2 Å². The second-order valence-corrected chi connectivity index (χ2v) is 9.12. The highest BCUT2D eigenvalue weighted by Crippen LogP contribution is 2.08. The quantitative estimate of drug-likeness (QED) is 0.0572. The zero-order valence-corrected chi connectivity index (χ0v) is 22.1. The molecule has 12 nitrogen and oxygen atoms in total. The molecule has 0 heterocycles. The molecule has 0 spiro atoms. The number of nitrogens with two attached hydrogens (primary N) is 3. The van der Waals surface area contributed by atoms with Crippen molar-refractivity contribution in [3.63, 3.8) is 0 Å². The number of benzene rings is 1. The lowest BCUT2D eigenvalue weighted by Gasteiger charge is -2.25. The third kappa shape index (κ3) is 11.5. The van der Waals surface area contributed by atoms with E-state index in [0.717, 1.165) is 5.56 Å². The molecule has 1 aromatic rings. The smallest absolute Gasteiger partial charge is 0.326 e. The summed E-state index contributed by atoms with van der Waals surface area (Å²) in [6.07, 6.45) is 1.27. The number of amides is 3. The molecule has 1 aromatic carbocycles. The summed E-state index contributed by atoms with van der Waals surface area (Å²) < 4.78 is 0. The maximum absolute atomic E-state index is 13.1. The molecule has 0 saturated carbocycles. The standard InChI is InChI=1S/C24H39N7O5S/c1-3-14(2)19(25)22(34)29-16(10-7-11-28-24(26)27)20(32)31-18(13-37)21(33)30-17(23(35)36)12-15-8-5-4-6-9-15/h4-6,8-9,14,16-19,37H,3,7,10-13,25H2,1-2H3,(H,29,34)(H,30,33)(H,31,32)(H,35,36)(H4,26,27,28). The van der Waals surface area contributed by atoms with E-state index in [2.05, 4.69) is 33.6 Å². The molecule has 0 aliphatic heterocycles. The molecule has 10 N–H and O–H groups in total. The minimum absolute atomic E-state index is 0.0616. The average molecular weight is 538 g/mol. The third-order valence-electron chi connectivity index (χ3n) is 5.85. The normalized spacial score (nSPS) is 14.8. The fourth-order valence-corrected chi connectivity index (χ4v) is 3.60. The summed E-state index contributed by atoms with van der Waals surface area (Å²) in [4.78, 5) is 54.2. The van der Waals surface area contributed by atoms with Gasteiger partial charge in [0.05, 0.1) is 6.04 Å². The third-order valence-corrected chi connectivity index (χ3v) is 6.22. The largest absolute Gasteiger partial charge is 0.480 e. The first kappa shape index (κ1) is 31.7. The second-order valence-electron chi connectivity index (χ2n) is 8.75. The molecule has 5 unspecified atom stereocenters. The van der Waals surface area contributed by atoms with Gasteiger partial charge < -0.3 is 38.3 Å². The lowest BCUT2D eigenvalue weighted by atomic mass is 9.98. The first-order valence-corrected chi connectivity index (χ1v) is 12.7. The van der Waals surface area contributed by atoms with E-state index >= 15 is 0 Å². The van der Waals surface area contributed by atoms with Crippen LogP contribution in [0, 0.1) is 5.92 Å². The van der Waals surface area contributed by atoms with Gasteiger partial charge in [0.2, 0.25) is 17.7 Å². The van der Waals surface area contributed by atoms with Crippen molar-refractivity contribution in [3.8, 4) is 0 Å². The molecule has 0 aromatic heterocycles. The van der Waals surface area contributed by atoms with Gasteiger partial charge in [-0.2, -0.15) is 12.6 Å². The van der Waals surface area contributed by atoms with Gasteiger partial charge in [-0.15, -0.1) is 0 Å². The number of carboxylic acids is 1. The van der Waals surface area contributed by atoms with Gasteiger partial charge in [-0.3, -0.25) is 19.4 Å². The number of carbonyl (C=O) groups is 4. The predicted octanol–water partition coefficient (Wildman–Crippen LogP) is -0.875. The van der Waals surface area contributed by atoms with Gasteiger partial charge in [-0.25, -0.2) is 4.79 Å². The first-order valence-electron chi connectivity index (χ1n) is 12.1. The van der Waals surface area contributed by atoms with Gasteiger partial charge in [-0.1, -0.05) is 50.6 Å². The van der Waals surface area contributed by atoms with Gasteiger partial charge in [0.15, 0.2) is 5.96 Å². The van der Waals surface area contributed by atoms with Crippen LogP contribution in [0.3, 0.4) is 0 Å². The lowest BCUT2D eigenvalue weighted by molar-refractivity contribution is -0.142. The van der Waals surface area contributed by atoms with Crippen molar-refractivity contribution in [2.75, 3.05) is 12.3 Å². The van der Waals surface area contributed by atoms with Crippen molar-refractivity contribution in [2.24, 2.45) is 28.1 Å². The zero-order chi connectivity index (χ0) is 28.0. The van der Waals surface area contributed by atoms with Crippen LogP contribution in [0.25, 0.3) is 0 Å². The Morgan fingerprint density at radius 1 is 0.973 bits per heavy atom. The van der Waals surface area contributed by atoms with Gasteiger partial charge in [-0.05, 0) is 24.3 Å². The molecule has 37 heavy (non-hydrogen) atoms. The first-order chi connectivity index (χ1) is 17.5. The molecule has 0 aliphatic carbocycles. The Balaban J connectivity index is 2.92. The number of nitrogens with one attached hydrogen (secondary N) is 3. The summed E-state index contributed by atoms with van der Waals surface area (Å²) in [7, 11) is 0. The van der Waals surface area contributed by atoms with Crippen molar-refractivity contribution in [1.29, 1.82) is 0 Å². The SMILES string of the molecule is CCC(C)C(N)C(=O)NC(CCCN=C(N)N)C(=O)NC(CS)C(=O)NC(Cc1ccccc1)C(=O)O. The van der Waals surface area contributed by atoms with Crippen LogP contribution in [-0.4, -0.2) is 71.2 Å². The monoisotopic (exact) mass is 537 g/mol. The van der Waals surface area contributed by atoms with Gasteiger partial charge >= 0.3 is 5.97 Å². The zero-order valence-electron chi connectivity index (χ0n) is 21.2. The molecular weight excluding hydrogens is 498 g/mol. The number of aliphatic carboxylic acids is 1. The summed E-state index contributed by atoms with van der Waals surface area (Å²) >= 11 is 4.15. The molecule has 206 valence electrons. The molecule has 0 saturated heterocycles. The van der Waals surface area contributed by atoms with E-state index in [1.54, 1.807) is 30.3 Å². The van der Waals surface area contributed by atoms with E-state index in [9.17, 15) is 24.3 Å². The Kier molecular flexibility index (Phi) is 14.1. The summed E-state index contributed by atoms with van der Waals surface area (Å²) in [6.45, 7) is 3.96. The average Bonchev–Trinajstić information content (AvgIpc) is 2.87. The summed E-state index contributed by atoms with van der Waals surface area (Å²) in [5.74, 6) is -3.39. The van der Waals surface area contributed by atoms with E-state index in [-0.39, 0.29) is 37.0 Å². The van der Waals surface area contributed by atoms with Gasteiger partial charge in [0.1, 0.15) is 18.1 Å². The second kappa shape index (κ2) is 16.4. The van der Waals surface area contributed by atoms with Crippen LogP contribution in [-0.2, 0) is 25.6 Å². The predicted molar refractivity (Wildman–Crippen MR) is 145 cm³/mol. The van der Waals surface area contributed by atoms with E-state index in [1.165, 1.54) is 0 Å². The van der Waals surface area contributed by atoms with Crippen molar-refractivity contribution in [1.82, 2.24) is 16.0 Å². The molecule has 13 heteroatoms. The molecule has 0 bridgehead atoms. The van der Waals surface area contributed by atoms with Crippen molar-refractivity contribution < 1.29 is 24.3 Å². The molecular formula is C24H39N7O5S. The molecule has 5 atom stereocenters. The number of carbonyl (C=O) groups excluding carboxylic acids is 3. The fraction of sp³-hybridized carbons (Fsp3) is 0.542. The van der Waals surface area contributed by atoms with Crippen LogP contribution in [0.1, 0.15) is 38.7 Å². The number of aliphatic imine (C=N–C) groups is 1. The Morgan fingerprint density at radius 3 is 2.08 bits per heavy atom. The maximum atomic E-state index is 13.1. The van der Waals surface area contributed by atoms with Crippen LogP contribution in [0.2, 0.25) is 0 Å².